The zero-order valence-corrected chi connectivity index (χ0v) is 28.6. The van der Waals surface area contributed by atoms with Crippen LogP contribution in [0.4, 0.5) is 20.2 Å². The molecule has 244 valence electrons. The Hall–Kier alpha value is -4.58. The number of halogens is 2. The Bertz CT molecular complexity index is 1680. The van der Waals surface area contributed by atoms with E-state index < -0.39 is 0 Å². The van der Waals surface area contributed by atoms with Crippen LogP contribution in [0.5, 0.6) is 0 Å². The second-order valence-electron chi connectivity index (χ2n) is 11.6. The van der Waals surface area contributed by atoms with Crippen molar-refractivity contribution >= 4 is 36.2 Å². The molecule has 4 aromatic rings. The van der Waals surface area contributed by atoms with E-state index in [4.69, 9.17) is 0 Å². The lowest BCUT2D eigenvalue weighted by molar-refractivity contribution is 0.552. The molecule has 0 aliphatic heterocycles. The minimum atomic E-state index is -0.207. The van der Waals surface area contributed by atoms with Gasteiger partial charge in [0.15, 0.2) is 0 Å². The molecular weight excluding hydrogens is 574 g/mol. The number of hydrogen-bond donors (Lipinski definition) is 0. The second-order valence-corrected chi connectivity index (χ2v) is 11.6. The molecule has 0 N–H and O–H groups in total. The molecule has 0 saturated heterocycles. The van der Waals surface area contributed by atoms with Gasteiger partial charge in [0.2, 0.25) is 0 Å². The molecular formula is C40H50F2N4. The molecule has 6 heteroatoms. The predicted molar refractivity (Wildman–Crippen MR) is 196 cm³/mol. The van der Waals surface area contributed by atoms with Gasteiger partial charge in [0.1, 0.15) is 11.6 Å². The molecule has 0 aliphatic rings. The van der Waals surface area contributed by atoms with Crippen molar-refractivity contribution in [2.75, 3.05) is 27.2 Å². The molecule has 0 amide bonds. The first-order valence-electron chi connectivity index (χ1n) is 15.9. The summed E-state index contributed by atoms with van der Waals surface area (Å²) < 4.78 is 27.4. The van der Waals surface area contributed by atoms with Crippen LogP contribution < -0.4 is 0 Å². The first kappa shape index (κ1) is 35.9. The van der Waals surface area contributed by atoms with Crippen LogP contribution in [0.2, 0.25) is 0 Å². The summed E-state index contributed by atoms with van der Waals surface area (Å²) in [5.74, 6) is -0.326. The molecule has 4 aromatic carbocycles. The van der Waals surface area contributed by atoms with Gasteiger partial charge in [-0.25, -0.2) is 18.8 Å². The third-order valence-electron chi connectivity index (χ3n) is 7.99. The maximum Gasteiger partial charge on any atom is 0.130 e. The van der Waals surface area contributed by atoms with E-state index in [9.17, 15) is 8.78 Å². The third-order valence-corrected chi connectivity index (χ3v) is 7.99. The minimum absolute atomic E-state index is 0. The molecule has 0 radical (unpaired) electrons. The summed E-state index contributed by atoms with van der Waals surface area (Å²) >= 11 is 0. The van der Waals surface area contributed by atoms with Gasteiger partial charge in [-0.15, -0.1) is 0 Å². The van der Waals surface area contributed by atoms with Gasteiger partial charge < -0.3 is 9.80 Å². The number of rotatable bonds is 11. The van der Waals surface area contributed by atoms with Gasteiger partial charge in [-0.05, 0) is 124 Å². The van der Waals surface area contributed by atoms with Crippen molar-refractivity contribution in [1.29, 1.82) is 0 Å². The predicted octanol–water partition coefficient (Wildman–Crippen LogP) is 10.3. The third kappa shape index (κ3) is 10.8. The summed E-state index contributed by atoms with van der Waals surface area (Å²) in [5.41, 5.74) is 10.2. The molecule has 0 bridgehead atoms. The molecule has 0 fully saturated rings. The van der Waals surface area contributed by atoms with Crippen LogP contribution >= 0.6 is 0 Å². The topological polar surface area (TPSA) is 31.2 Å². The highest BCUT2D eigenvalue weighted by Gasteiger charge is 2.07. The largest absolute Gasteiger partial charge is 0.366 e. The van der Waals surface area contributed by atoms with E-state index in [1.807, 2.05) is 80.8 Å². The number of aliphatic imine (C=N–C) groups is 2. The molecule has 0 aliphatic carbocycles. The first-order valence-corrected chi connectivity index (χ1v) is 15.9. The van der Waals surface area contributed by atoms with E-state index in [-0.39, 0.29) is 13.1 Å². The Balaban J connectivity index is 0.000000320. The van der Waals surface area contributed by atoms with Gasteiger partial charge in [0, 0.05) is 34.2 Å². The van der Waals surface area contributed by atoms with Crippen LogP contribution in [-0.2, 0) is 12.8 Å². The summed E-state index contributed by atoms with van der Waals surface area (Å²) in [7, 11) is 4.01. The Morgan fingerprint density at radius 3 is 1.67 bits per heavy atom. The van der Waals surface area contributed by atoms with Gasteiger partial charge in [-0.3, -0.25) is 0 Å². The first-order chi connectivity index (χ1) is 22.0. The van der Waals surface area contributed by atoms with Crippen molar-refractivity contribution in [3.63, 3.8) is 0 Å². The van der Waals surface area contributed by atoms with Gasteiger partial charge >= 0.3 is 0 Å². The highest BCUT2D eigenvalue weighted by atomic mass is 19.1. The van der Waals surface area contributed by atoms with Gasteiger partial charge in [0.25, 0.3) is 0 Å². The van der Waals surface area contributed by atoms with Crippen molar-refractivity contribution < 1.29 is 10.2 Å². The van der Waals surface area contributed by atoms with Crippen LogP contribution in [0.1, 0.15) is 59.8 Å². The Kier molecular flexibility index (Phi) is 13.9. The molecule has 4 rings (SSSR count). The summed E-state index contributed by atoms with van der Waals surface area (Å²) in [6.45, 7) is 14.3. The molecule has 0 unspecified atom stereocenters. The van der Waals surface area contributed by atoms with E-state index in [0.29, 0.717) is 12.0 Å². The quantitative estimate of drug-likeness (QED) is 0.0945. The van der Waals surface area contributed by atoms with E-state index in [2.05, 4.69) is 61.9 Å². The lowest BCUT2D eigenvalue weighted by Gasteiger charge is -2.12. The van der Waals surface area contributed by atoms with Crippen LogP contribution in [0, 0.1) is 39.3 Å². The monoisotopic (exact) mass is 624 g/mol. The van der Waals surface area contributed by atoms with Crippen molar-refractivity contribution in [2.24, 2.45) is 9.98 Å². The fraction of sp³-hybridized carbons (Fsp3) is 0.300. The molecule has 0 spiro atoms. The highest BCUT2D eigenvalue weighted by Crippen LogP contribution is 2.26. The van der Waals surface area contributed by atoms with Gasteiger partial charge in [0.05, 0.1) is 24.1 Å². The van der Waals surface area contributed by atoms with E-state index in [1.54, 1.807) is 18.2 Å². The molecule has 0 heterocycles. The van der Waals surface area contributed by atoms with Crippen molar-refractivity contribution in [3.8, 4) is 0 Å². The van der Waals surface area contributed by atoms with Crippen molar-refractivity contribution in [1.82, 2.24) is 9.80 Å². The average molecular weight is 625 g/mol. The Labute approximate surface area is 276 Å². The zero-order chi connectivity index (χ0) is 33.6. The van der Waals surface area contributed by atoms with Crippen LogP contribution in [0.15, 0.2) is 82.8 Å². The molecule has 0 saturated carbocycles. The van der Waals surface area contributed by atoms with Gasteiger partial charge in [-0.1, -0.05) is 54.6 Å². The number of hydrogen-bond acceptors (Lipinski definition) is 2. The van der Waals surface area contributed by atoms with E-state index in [1.165, 1.54) is 23.3 Å². The highest BCUT2D eigenvalue weighted by molar-refractivity contribution is 5.74. The average Bonchev–Trinajstić information content (AvgIpc) is 3.05. The van der Waals surface area contributed by atoms with Crippen LogP contribution in [-0.4, -0.2) is 49.7 Å². The Morgan fingerprint density at radius 1 is 0.587 bits per heavy atom. The fourth-order valence-electron chi connectivity index (χ4n) is 4.66. The minimum Gasteiger partial charge on any atom is -0.366 e. The normalized spacial score (nSPS) is 11.3. The Morgan fingerprint density at radius 2 is 1.09 bits per heavy atom. The summed E-state index contributed by atoms with van der Waals surface area (Å²) in [4.78, 5) is 13.2. The molecule has 0 aromatic heterocycles. The number of benzene rings is 4. The second kappa shape index (κ2) is 17.8. The smallest absolute Gasteiger partial charge is 0.130 e. The SMILES string of the molecule is CCN(C)C=Nc1cc(C)c(/C=C/c2ccccc2F)cc1C.CCN(C)C=Nc1cc(C)c(CCc2ccccc2F)cc1C.[HH]. The standard InChI is InChI=1S/C20H25FN2.C20H23FN2.H2/c2*1-5-23(4)14-22-20-13-15(2)18(12-16(20)3)11-10-17-8-6-7-9-19(17)21;/h6-9,12-14H,5,10-11H2,1-4H3;6-14H,5H2,1-4H3;1H/b;11-10+,22-14?;. The zero-order valence-electron chi connectivity index (χ0n) is 28.6. The van der Waals surface area contributed by atoms with Crippen molar-refractivity contribution in [2.45, 2.75) is 54.4 Å². The number of nitrogens with zero attached hydrogens (tertiary/aromatic N) is 4. The van der Waals surface area contributed by atoms with Crippen LogP contribution in [0.25, 0.3) is 12.2 Å². The maximum atomic E-state index is 13.7. The molecule has 0 atom stereocenters. The van der Waals surface area contributed by atoms with Crippen LogP contribution in [0.3, 0.4) is 0 Å². The fourth-order valence-corrected chi connectivity index (χ4v) is 4.66. The lowest BCUT2D eigenvalue weighted by atomic mass is 9.97. The summed E-state index contributed by atoms with van der Waals surface area (Å²) in [6.07, 6.45) is 9.02. The molecule has 4 nitrogen and oxygen atoms in total. The van der Waals surface area contributed by atoms with Gasteiger partial charge in [-0.2, -0.15) is 0 Å². The maximum absolute atomic E-state index is 13.7. The summed E-state index contributed by atoms with van der Waals surface area (Å²) in [5, 5.41) is 0. The summed E-state index contributed by atoms with van der Waals surface area (Å²) in [6, 6.07) is 22.2. The lowest BCUT2D eigenvalue weighted by Crippen LogP contribution is -2.14. The number of aryl methyl sites for hydroxylation is 6. The van der Waals surface area contributed by atoms with E-state index >= 15 is 0 Å². The van der Waals surface area contributed by atoms with E-state index in [0.717, 1.165) is 58.7 Å². The van der Waals surface area contributed by atoms with Crippen molar-refractivity contribution in [3.05, 3.63) is 129 Å². The molecule has 46 heavy (non-hydrogen) atoms.